The van der Waals surface area contributed by atoms with Gasteiger partial charge in [0.2, 0.25) is 5.75 Å². The van der Waals surface area contributed by atoms with Gasteiger partial charge in [0, 0.05) is 24.0 Å². The average Bonchev–Trinajstić information content (AvgIpc) is 2.06. The SMILES string of the molecule is [O]c1cncc2ccncc12. The topological polar surface area (TPSA) is 45.7 Å². The number of aromatic nitrogens is 2. The van der Waals surface area contributed by atoms with E-state index in [9.17, 15) is 5.11 Å². The van der Waals surface area contributed by atoms with Crippen molar-refractivity contribution in [2.24, 2.45) is 0 Å². The van der Waals surface area contributed by atoms with E-state index in [0.717, 1.165) is 5.39 Å². The van der Waals surface area contributed by atoms with E-state index >= 15 is 0 Å². The van der Waals surface area contributed by atoms with Gasteiger partial charge in [0.1, 0.15) is 0 Å². The molecule has 2 heterocycles. The predicted molar refractivity (Wildman–Crippen MR) is 39.7 cm³/mol. The van der Waals surface area contributed by atoms with E-state index in [0.29, 0.717) is 5.39 Å². The van der Waals surface area contributed by atoms with Crippen LogP contribution in [0.25, 0.3) is 10.8 Å². The van der Waals surface area contributed by atoms with Gasteiger partial charge in [-0.3, -0.25) is 15.1 Å². The second-order valence-electron chi connectivity index (χ2n) is 2.23. The van der Waals surface area contributed by atoms with E-state index < -0.39 is 0 Å². The fourth-order valence-corrected chi connectivity index (χ4v) is 0.978. The summed E-state index contributed by atoms with van der Waals surface area (Å²) in [6.07, 6.45) is 6.14. The Balaban J connectivity index is 2.91. The fourth-order valence-electron chi connectivity index (χ4n) is 0.978. The molecule has 0 saturated carbocycles. The Labute approximate surface area is 63.3 Å². The number of nitrogens with zero attached hydrogens (tertiary/aromatic N) is 2. The van der Waals surface area contributed by atoms with Gasteiger partial charge in [-0.05, 0) is 6.07 Å². The Morgan fingerprint density at radius 1 is 1.09 bits per heavy atom. The molecule has 0 bridgehead atoms. The molecule has 0 aromatic carbocycles. The van der Waals surface area contributed by atoms with Gasteiger partial charge in [-0.1, -0.05) is 0 Å². The lowest BCUT2D eigenvalue weighted by atomic mass is 10.2. The van der Waals surface area contributed by atoms with Crippen molar-refractivity contribution in [1.29, 1.82) is 0 Å². The maximum atomic E-state index is 11.1. The van der Waals surface area contributed by atoms with E-state index in [-0.39, 0.29) is 5.75 Å². The highest BCUT2D eigenvalue weighted by Gasteiger charge is 1.98. The van der Waals surface area contributed by atoms with Gasteiger partial charge >= 0.3 is 0 Å². The highest BCUT2D eigenvalue weighted by atomic mass is 16.3. The minimum atomic E-state index is -0.0735. The number of hydrogen-bond acceptors (Lipinski definition) is 2. The minimum absolute atomic E-state index is 0.0735. The molecule has 0 unspecified atom stereocenters. The molecule has 3 heteroatoms. The third kappa shape index (κ3) is 0.902. The summed E-state index contributed by atoms with van der Waals surface area (Å²) in [5, 5.41) is 12.5. The summed E-state index contributed by atoms with van der Waals surface area (Å²) in [6, 6.07) is 1.77. The lowest BCUT2D eigenvalue weighted by Gasteiger charge is -1.93. The maximum absolute atomic E-state index is 11.1. The van der Waals surface area contributed by atoms with Crippen LogP contribution >= 0.6 is 0 Å². The Morgan fingerprint density at radius 3 is 2.82 bits per heavy atom. The largest absolute Gasteiger partial charge is 0.287 e. The van der Waals surface area contributed by atoms with Gasteiger partial charge in [0.15, 0.2) is 0 Å². The summed E-state index contributed by atoms with van der Waals surface area (Å²) < 4.78 is 0. The van der Waals surface area contributed by atoms with Crippen molar-refractivity contribution in [2.75, 3.05) is 0 Å². The normalized spacial score (nSPS) is 10.2. The Hall–Kier alpha value is -1.64. The molecule has 2 rings (SSSR count). The van der Waals surface area contributed by atoms with Crippen LogP contribution in [0.4, 0.5) is 0 Å². The molecule has 0 aliphatic heterocycles. The van der Waals surface area contributed by atoms with Crippen molar-refractivity contribution in [3.05, 3.63) is 30.9 Å². The first-order chi connectivity index (χ1) is 5.38. The first-order valence-corrected chi connectivity index (χ1v) is 3.22. The van der Waals surface area contributed by atoms with Crippen LogP contribution in [0.5, 0.6) is 5.75 Å². The minimum Gasteiger partial charge on any atom is -0.287 e. The smallest absolute Gasteiger partial charge is 0.206 e. The summed E-state index contributed by atoms with van der Waals surface area (Å²) >= 11 is 0. The van der Waals surface area contributed by atoms with E-state index in [1.165, 1.54) is 6.20 Å². The molecule has 0 aliphatic carbocycles. The van der Waals surface area contributed by atoms with E-state index in [1.54, 1.807) is 24.7 Å². The van der Waals surface area contributed by atoms with Gasteiger partial charge in [0.25, 0.3) is 0 Å². The van der Waals surface area contributed by atoms with Gasteiger partial charge in [-0.25, -0.2) is 0 Å². The quantitative estimate of drug-likeness (QED) is 0.567. The van der Waals surface area contributed by atoms with Crippen LogP contribution in [-0.4, -0.2) is 9.97 Å². The van der Waals surface area contributed by atoms with Crippen molar-refractivity contribution in [3.8, 4) is 5.75 Å². The molecule has 0 saturated heterocycles. The summed E-state index contributed by atoms with van der Waals surface area (Å²) in [5.74, 6) is -0.0735. The second kappa shape index (κ2) is 2.20. The van der Waals surface area contributed by atoms with Crippen LogP contribution in [0, 0.1) is 0 Å². The van der Waals surface area contributed by atoms with Crippen molar-refractivity contribution in [2.45, 2.75) is 0 Å². The fraction of sp³-hybridized carbons (Fsp3) is 0. The van der Waals surface area contributed by atoms with Gasteiger partial charge in [-0.2, -0.15) is 0 Å². The molecule has 0 aliphatic rings. The van der Waals surface area contributed by atoms with Gasteiger partial charge in [-0.15, -0.1) is 0 Å². The van der Waals surface area contributed by atoms with Crippen LogP contribution in [0.2, 0.25) is 0 Å². The van der Waals surface area contributed by atoms with Crippen LogP contribution in [-0.2, 0) is 5.11 Å². The molecule has 0 spiro atoms. The number of rotatable bonds is 0. The lowest BCUT2D eigenvalue weighted by molar-refractivity contribution is 0.358. The standard InChI is InChI=1S/C8H5N2O/c11-8-5-10-3-6-1-2-9-4-7(6)8/h1-5H. The van der Waals surface area contributed by atoms with Crippen LogP contribution < -0.4 is 0 Å². The molecule has 2 aromatic rings. The second-order valence-corrected chi connectivity index (χ2v) is 2.23. The summed E-state index contributed by atoms with van der Waals surface area (Å²) in [5.41, 5.74) is 0. The van der Waals surface area contributed by atoms with E-state index in [4.69, 9.17) is 0 Å². The van der Waals surface area contributed by atoms with E-state index in [1.807, 2.05) is 0 Å². The highest BCUT2D eigenvalue weighted by molar-refractivity contribution is 5.85. The van der Waals surface area contributed by atoms with Gasteiger partial charge in [0.05, 0.1) is 11.6 Å². The van der Waals surface area contributed by atoms with E-state index in [2.05, 4.69) is 9.97 Å². The lowest BCUT2D eigenvalue weighted by Crippen LogP contribution is -1.76. The molecule has 0 amide bonds. The summed E-state index contributed by atoms with van der Waals surface area (Å²) in [7, 11) is 0. The van der Waals surface area contributed by atoms with Crippen LogP contribution in [0.1, 0.15) is 0 Å². The molecular formula is C8H5N2O. The van der Waals surface area contributed by atoms with Crippen molar-refractivity contribution >= 4 is 10.8 Å². The summed E-state index contributed by atoms with van der Waals surface area (Å²) in [4.78, 5) is 7.62. The Kier molecular flexibility index (Phi) is 1.22. The number of pyridine rings is 2. The molecule has 1 radical (unpaired) electrons. The summed E-state index contributed by atoms with van der Waals surface area (Å²) in [6.45, 7) is 0. The van der Waals surface area contributed by atoms with Crippen molar-refractivity contribution in [3.63, 3.8) is 0 Å². The monoisotopic (exact) mass is 145 g/mol. The Morgan fingerprint density at radius 2 is 2.00 bits per heavy atom. The zero-order chi connectivity index (χ0) is 7.68. The van der Waals surface area contributed by atoms with Gasteiger partial charge < -0.3 is 0 Å². The molecule has 3 nitrogen and oxygen atoms in total. The van der Waals surface area contributed by atoms with Crippen LogP contribution in [0.3, 0.4) is 0 Å². The maximum Gasteiger partial charge on any atom is 0.206 e. The molecule has 53 valence electrons. The molecular weight excluding hydrogens is 140 g/mol. The molecule has 0 N–H and O–H groups in total. The van der Waals surface area contributed by atoms with Crippen molar-refractivity contribution < 1.29 is 5.11 Å². The highest BCUT2D eigenvalue weighted by Crippen LogP contribution is 2.21. The predicted octanol–water partition coefficient (Wildman–Crippen LogP) is 1.77. The first-order valence-electron chi connectivity index (χ1n) is 3.22. The Bertz CT molecular complexity index is 381. The molecule has 11 heavy (non-hydrogen) atoms. The average molecular weight is 145 g/mol. The zero-order valence-electron chi connectivity index (χ0n) is 5.69. The first kappa shape index (κ1) is 6.09. The molecule has 2 aromatic heterocycles. The zero-order valence-corrected chi connectivity index (χ0v) is 5.69. The van der Waals surface area contributed by atoms with Crippen molar-refractivity contribution in [1.82, 2.24) is 9.97 Å². The number of fused-ring (bicyclic) bond motifs is 1. The molecule has 0 atom stereocenters. The molecule has 0 fully saturated rings. The number of hydrogen-bond donors (Lipinski definition) is 0. The third-order valence-electron chi connectivity index (χ3n) is 1.53. The third-order valence-corrected chi connectivity index (χ3v) is 1.53. The van der Waals surface area contributed by atoms with Crippen LogP contribution in [0.15, 0.2) is 30.9 Å².